The van der Waals surface area contributed by atoms with Crippen LogP contribution in [0.4, 0.5) is 0 Å². The van der Waals surface area contributed by atoms with Crippen molar-refractivity contribution in [2.45, 2.75) is 38.5 Å². The average molecular weight is 192 g/mol. The van der Waals surface area contributed by atoms with Crippen LogP contribution in [0.15, 0.2) is 18.3 Å². The SMILES string of the molecule is NCc1ccc(COC2CCC2)nc1. The number of ether oxygens (including phenoxy) is 1. The highest BCUT2D eigenvalue weighted by molar-refractivity contribution is 5.13. The molecule has 0 radical (unpaired) electrons. The summed E-state index contributed by atoms with van der Waals surface area (Å²) in [7, 11) is 0. The summed E-state index contributed by atoms with van der Waals surface area (Å²) in [4.78, 5) is 4.27. The Labute approximate surface area is 84.3 Å². The summed E-state index contributed by atoms with van der Waals surface area (Å²) in [6, 6.07) is 3.99. The smallest absolute Gasteiger partial charge is 0.0891 e. The average Bonchev–Trinajstić information content (AvgIpc) is 2.16. The zero-order valence-electron chi connectivity index (χ0n) is 8.28. The lowest BCUT2D eigenvalue weighted by Crippen LogP contribution is -2.21. The topological polar surface area (TPSA) is 48.1 Å². The molecule has 0 bridgehead atoms. The van der Waals surface area contributed by atoms with Crippen molar-refractivity contribution >= 4 is 0 Å². The third kappa shape index (κ3) is 2.30. The fraction of sp³-hybridized carbons (Fsp3) is 0.545. The highest BCUT2D eigenvalue weighted by Gasteiger charge is 2.17. The van der Waals surface area contributed by atoms with Gasteiger partial charge in [-0.25, -0.2) is 0 Å². The number of pyridine rings is 1. The van der Waals surface area contributed by atoms with Crippen LogP contribution in [0.1, 0.15) is 30.5 Å². The molecule has 3 nitrogen and oxygen atoms in total. The van der Waals surface area contributed by atoms with Gasteiger partial charge in [0.25, 0.3) is 0 Å². The van der Waals surface area contributed by atoms with Crippen molar-refractivity contribution in [2.75, 3.05) is 0 Å². The molecule has 14 heavy (non-hydrogen) atoms. The molecule has 1 fully saturated rings. The van der Waals surface area contributed by atoms with Crippen LogP contribution >= 0.6 is 0 Å². The molecule has 0 amide bonds. The van der Waals surface area contributed by atoms with Crippen molar-refractivity contribution < 1.29 is 4.74 Å². The number of nitrogens with zero attached hydrogens (tertiary/aromatic N) is 1. The Balaban J connectivity index is 1.83. The summed E-state index contributed by atoms with van der Waals surface area (Å²) < 4.78 is 5.64. The van der Waals surface area contributed by atoms with E-state index in [0.29, 0.717) is 19.3 Å². The van der Waals surface area contributed by atoms with Gasteiger partial charge in [0.2, 0.25) is 0 Å². The van der Waals surface area contributed by atoms with E-state index in [1.54, 1.807) is 0 Å². The molecular weight excluding hydrogens is 176 g/mol. The molecule has 0 spiro atoms. The van der Waals surface area contributed by atoms with Crippen LogP contribution < -0.4 is 5.73 Å². The van der Waals surface area contributed by atoms with Crippen LogP contribution in [0.25, 0.3) is 0 Å². The molecule has 1 aliphatic carbocycles. The Kier molecular flexibility index (Phi) is 3.11. The van der Waals surface area contributed by atoms with Crippen LogP contribution in [-0.2, 0) is 17.9 Å². The van der Waals surface area contributed by atoms with E-state index >= 15 is 0 Å². The first-order chi connectivity index (χ1) is 6.88. The quantitative estimate of drug-likeness (QED) is 0.788. The molecule has 1 aromatic heterocycles. The van der Waals surface area contributed by atoms with Crippen molar-refractivity contribution in [3.63, 3.8) is 0 Å². The molecule has 1 aliphatic rings. The third-order valence-electron chi connectivity index (χ3n) is 2.64. The first-order valence-electron chi connectivity index (χ1n) is 5.14. The van der Waals surface area contributed by atoms with Crippen molar-refractivity contribution in [2.24, 2.45) is 5.73 Å². The first kappa shape index (κ1) is 9.62. The minimum absolute atomic E-state index is 0.478. The molecule has 1 saturated carbocycles. The van der Waals surface area contributed by atoms with Gasteiger partial charge in [0.05, 0.1) is 18.4 Å². The van der Waals surface area contributed by atoms with Crippen LogP contribution in [0.2, 0.25) is 0 Å². The van der Waals surface area contributed by atoms with E-state index in [0.717, 1.165) is 11.3 Å². The zero-order valence-corrected chi connectivity index (χ0v) is 8.28. The summed E-state index contributed by atoms with van der Waals surface area (Å²) in [5, 5.41) is 0. The fourth-order valence-electron chi connectivity index (χ4n) is 1.40. The molecule has 0 atom stereocenters. The largest absolute Gasteiger partial charge is 0.372 e. The van der Waals surface area contributed by atoms with Gasteiger partial charge < -0.3 is 10.5 Å². The number of aromatic nitrogens is 1. The van der Waals surface area contributed by atoms with Gasteiger partial charge >= 0.3 is 0 Å². The second kappa shape index (κ2) is 4.53. The molecule has 0 aromatic carbocycles. The lowest BCUT2D eigenvalue weighted by molar-refractivity contribution is -0.0101. The summed E-state index contributed by atoms with van der Waals surface area (Å²) in [6.07, 6.45) is 6.02. The summed E-state index contributed by atoms with van der Waals surface area (Å²) >= 11 is 0. The molecular formula is C11H16N2O. The molecule has 0 aliphatic heterocycles. The number of hydrogen-bond donors (Lipinski definition) is 1. The van der Waals surface area contributed by atoms with Gasteiger partial charge in [-0.15, -0.1) is 0 Å². The van der Waals surface area contributed by atoms with Crippen LogP contribution in [0.3, 0.4) is 0 Å². The van der Waals surface area contributed by atoms with Crippen LogP contribution in [0, 0.1) is 0 Å². The Morgan fingerprint density at radius 3 is 2.79 bits per heavy atom. The lowest BCUT2D eigenvalue weighted by atomic mass is 9.96. The van der Waals surface area contributed by atoms with E-state index in [9.17, 15) is 0 Å². The molecule has 0 saturated heterocycles. The maximum absolute atomic E-state index is 5.64. The van der Waals surface area contributed by atoms with E-state index in [1.165, 1.54) is 19.3 Å². The van der Waals surface area contributed by atoms with Gasteiger partial charge in [-0.3, -0.25) is 4.98 Å². The fourth-order valence-corrected chi connectivity index (χ4v) is 1.40. The van der Waals surface area contributed by atoms with E-state index < -0.39 is 0 Å². The molecule has 3 heteroatoms. The van der Waals surface area contributed by atoms with Crippen molar-refractivity contribution in [3.8, 4) is 0 Å². The minimum atomic E-state index is 0.478. The van der Waals surface area contributed by atoms with Gasteiger partial charge in [-0.1, -0.05) is 6.07 Å². The summed E-state index contributed by atoms with van der Waals surface area (Å²) in [5.41, 5.74) is 7.54. The molecule has 2 N–H and O–H groups in total. The summed E-state index contributed by atoms with van der Waals surface area (Å²) in [6.45, 7) is 1.19. The van der Waals surface area contributed by atoms with Crippen LogP contribution in [0.5, 0.6) is 0 Å². The normalized spacial score (nSPS) is 16.6. The lowest BCUT2D eigenvalue weighted by Gasteiger charge is -2.25. The van der Waals surface area contributed by atoms with E-state index in [4.69, 9.17) is 10.5 Å². The molecule has 76 valence electrons. The Morgan fingerprint density at radius 1 is 1.43 bits per heavy atom. The van der Waals surface area contributed by atoms with Gasteiger partial charge in [-0.2, -0.15) is 0 Å². The first-order valence-corrected chi connectivity index (χ1v) is 5.14. The summed E-state index contributed by atoms with van der Waals surface area (Å²) in [5.74, 6) is 0. The predicted octanol–water partition coefficient (Wildman–Crippen LogP) is 1.61. The molecule has 1 aromatic rings. The second-order valence-corrected chi connectivity index (χ2v) is 3.73. The van der Waals surface area contributed by atoms with Gasteiger partial charge in [0.1, 0.15) is 0 Å². The van der Waals surface area contributed by atoms with Crippen molar-refractivity contribution in [3.05, 3.63) is 29.6 Å². The van der Waals surface area contributed by atoms with Gasteiger partial charge in [-0.05, 0) is 30.9 Å². The van der Waals surface area contributed by atoms with E-state index in [-0.39, 0.29) is 0 Å². The standard InChI is InChI=1S/C11H16N2O/c12-6-9-4-5-10(13-7-9)8-14-11-2-1-3-11/h4-5,7,11H,1-3,6,8,12H2. The van der Waals surface area contributed by atoms with Crippen molar-refractivity contribution in [1.29, 1.82) is 0 Å². The van der Waals surface area contributed by atoms with Crippen molar-refractivity contribution in [1.82, 2.24) is 4.98 Å². The number of nitrogens with two attached hydrogens (primary N) is 1. The Morgan fingerprint density at radius 2 is 2.29 bits per heavy atom. The Bertz CT molecular complexity index is 280. The van der Waals surface area contributed by atoms with Crippen LogP contribution in [-0.4, -0.2) is 11.1 Å². The monoisotopic (exact) mass is 192 g/mol. The highest BCUT2D eigenvalue weighted by atomic mass is 16.5. The number of rotatable bonds is 4. The second-order valence-electron chi connectivity index (χ2n) is 3.73. The zero-order chi connectivity index (χ0) is 9.80. The van der Waals surface area contributed by atoms with E-state index in [1.807, 2.05) is 18.3 Å². The van der Waals surface area contributed by atoms with Gasteiger partial charge in [0.15, 0.2) is 0 Å². The highest BCUT2D eigenvalue weighted by Crippen LogP contribution is 2.22. The Hall–Kier alpha value is -0.930. The van der Waals surface area contributed by atoms with E-state index in [2.05, 4.69) is 4.98 Å². The molecule has 1 heterocycles. The maximum atomic E-state index is 5.64. The molecule has 0 unspecified atom stereocenters. The number of hydrogen-bond acceptors (Lipinski definition) is 3. The van der Waals surface area contributed by atoms with Gasteiger partial charge in [0, 0.05) is 12.7 Å². The third-order valence-corrected chi connectivity index (χ3v) is 2.64. The molecule has 2 rings (SSSR count). The minimum Gasteiger partial charge on any atom is -0.372 e. The predicted molar refractivity (Wildman–Crippen MR) is 54.6 cm³/mol. The maximum Gasteiger partial charge on any atom is 0.0891 e.